The van der Waals surface area contributed by atoms with E-state index in [1.807, 2.05) is 0 Å². The molecule has 0 atom stereocenters. The highest BCUT2D eigenvalue weighted by Crippen LogP contribution is 2.37. The Labute approximate surface area is 62.2 Å². The third-order valence-corrected chi connectivity index (χ3v) is 2.70. The van der Waals surface area contributed by atoms with Crippen molar-refractivity contribution in [3.63, 3.8) is 0 Å². The third kappa shape index (κ3) is 0.956. The van der Waals surface area contributed by atoms with Gasteiger partial charge in [-0.3, -0.25) is 0 Å². The van der Waals surface area contributed by atoms with Gasteiger partial charge in [-0.1, -0.05) is 0 Å². The van der Waals surface area contributed by atoms with E-state index in [2.05, 4.69) is 11.9 Å². The van der Waals surface area contributed by atoms with E-state index in [1.54, 1.807) is 0 Å². The topological polar surface area (TPSA) is 12.5 Å². The molecule has 1 aliphatic carbocycles. The number of likely N-dealkylation sites (N-methyl/N-ethyl adjacent to an activating group) is 1. The van der Waals surface area contributed by atoms with Crippen LogP contribution >= 0.6 is 0 Å². The molecule has 2 aliphatic rings. The molecule has 0 N–H and O–H groups in total. The summed E-state index contributed by atoms with van der Waals surface area (Å²) in [6.07, 6.45) is 3.95. The molecular formula is C8H15NO. The molecule has 10 heavy (non-hydrogen) atoms. The molecule has 2 heteroatoms. The maximum atomic E-state index is 5.73. The molecule has 0 aromatic heterocycles. The SMILES string of the molecule is CN1CCOC2(CCC2)C1. The van der Waals surface area contributed by atoms with Crippen LogP contribution in [-0.4, -0.2) is 37.2 Å². The van der Waals surface area contributed by atoms with Gasteiger partial charge in [0.05, 0.1) is 12.2 Å². The lowest BCUT2D eigenvalue weighted by Crippen LogP contribution is -2.54. The molecule has 0 unspecified atom stereocenters. The average molecular weight is 141 g/mol. The van der Waals surface area contributed by atoms with Gasteiger partial charge in [0.15, 0.2) is 0 Å². The first-order chi connectivity index (χ1) is 4.81. The smallest absolute Gasteiger partial charge is 0.0809 e. The van der Waals surface area contributed by atoms with Crippen molar-refractivity contribution in [1.29, 1.82) is 0 Å². The summed E-state index contributed by atoms with van der Waals surface area (Å²) >= 11 is 0. The fourth-order valence-corrected chi connectivity index (χ4v) is 1.91. The van der Waals surface area contributed by atoms with Crippen molar-refractivity contribution < 1.29 is 4.74 Å². The lowest BCUT2D eigenvalue weighted by molar-refractivity contribution is -0.146. The highest BCUT2D eigenvalue weighted by atomic mass is 16.5. The predicted molar refractivity (Wildman–Crippen MR) is 40.0 cm³/mol. The second-order valence-electron chi connectivity index (χ2n) is 3.62. The van der Waals surface area contributed by atoms with Gasteiger partial charge in [0.25, 0.3) is 0 Å². The van der Waals surface area contributed by atoms with E-state index in [-0.39, 0.29) is 0 Å². The van der Waals surface area contributed by atoms with Crippen LogP contribution in [-0.2, 0) is 4.74 Å². The van der Waals surface area contributed by atoms with Gasteiger partial charge in [0.1, 0.15) is 0 Å². The van der Waals surface area contributed by atoms with E-state index in [9.17, 15) is 0 Å². The minimum atomic E-state index is 0.299. The van der Waals surface area contributed by atoms with E-state index in [4.69, 9.17) is 4.74 Å². The van der Waals surface area contributed by atoms with Crippen LogP contribution in [0.5, 0.6) is 0 Å². The summed E-state index contributed by atoms with van der Waals surface area (Å²) in [4.78, 5) is 2.38. The van der Waals surface area contributed by atoms with Crippen molar-refractivity contribution in [1.82, 2.24) is 4.90 Å². The van der Waals surface area contributed by atoms with Gasteiger partial charge < -0.3 is 9.64 Å². The fourth-order valence-electron chi connectivity index (χ4n) is 1.91. The van der Waals surface area contributed by atoms with Crippen LogP contribution < -0.4 is 0 Å². The second kappa shape index (κ2) is 2.21. The molecule has 1 saturated heterocycles. The zero-order chi connectivity index (χ0) is 7.03. The van der Waals surface area contributed by atoms with E-state index < -0.39 is 0 Å². The summed E-state index contributed by atoms with van der Waals surface area (Å²) < 4.78 is 5.73. The van der Waals surface area contributed by atoms with Gasteiger partial charge in [0.2, 0.25) is 0 Å². The number of hydrogen-bond donors (Lipinski definition) is 0. The van der Waals surface area contributed by atoms with Gasteiger partial charge >= 0.3 is 0 Å². The normalized spacial score (nSPS) is 32.1. The maximum absolute atomic E-state index is 5.73. The highest BCUT2D eigenvalue weighted by Gasteiger charge is 2.40. The van der Waals surface area contributed by atoms with Gasteiger partial charge in [-0.25, -0.2) is 0 Å². The Morgan fingerprint density at radius 1 is 1.40 bits per heavy atom. The molecule has 2 fully saturated rings. The Kier molecular flexibility index (Phi) is 1.46. The number of hydrogen-bond acceptors (Lipinski definition) is 2. The Morgan fingerprint density at radius 3 is 2.60 bits per heavy atom. The first-order valence-corrected chi connectivity index (χ1v) is 4.13. The number of rotatable bonds is 0. The molecule has 0 radical (unpaired) electrons. The molecular weight excluding hydrogens is 126 g/mol. The molecule has 2 rings (SSSR count). The number of nitrogens with zero attached hydrogens (tertiary/aromatic N) is 1. The van der Waals surface area contributed by atoms with E-state index in [0.29, 0.717) is 5.60 Å². The molecule has 1 heterocycles. The zero-order valence-electron chi connectivity index (χ0n) is 6.60. The number of ether oxygens (including phenoxy) is 1. The minimum absolute atomic E-state index is 0.299. The van der Waals surface area contributed by atoms with Gasteiger partial charge in [-0.15, -0.1) is 0 Å². The van der Waals surface area contributed by atoms with Crippen molar-refractivity contribution in [3.05, 3.63) is 0 Å². The Balaban J connectivity index is 1.96. The Morgan fingerprint density at radius 2 is 2.20 bits per heavy atom. The maximum Gasteiger partial charge on any atom is 0.0809 e. The quantitative estimate of drug-likeness (QED) is 0.496. The molecule has 0 aromatic rings. The first-order valence-electron chi connectivity index (χ1n) is 4.13. The molecule has 1 aliphatic heterocycles. The van der Waals surface area contributed by atoms with Crippen molar-refractivity contribution >= 4 is 0 Å². The highest BCUT2D eigenvalue weighted by molar-refractivity contribution is 4.94. The summed E-state index contributed by atoms with van der Waals surface area (Å²) in [6, 6.07) is 0. The largest absolute Gasteiger partial charge is 0.372 e. The van der Waals surface area contributed by atoms with Crippen LogP contribution in [0.2, 0.25) is 0 Å². The molecule has 0 aromatic carbocycles. The summed E-state index contributed by atoms with van der Waals surface area (Å²) in [6.45, 7) is 3.21. The van der Waals surface area contributed by atoms with Crippen LogP contribution in [0.1, 0.15) is 19.3 Å². The van der Waals surface area contributed by atoms with Crippen molar-refractivity contribution in [2.75, 3.05) is 26.7 Å². The Bertz CT molecular complexity index is 131. The second-order valence-corrected chi connectivity index (χ2v) is 3.62. The monoisotopic (exact) mass is 141 g/mol. The van der Waals surface area contributed by atoms with E-state index in [0.717, 1.165) is 19.7 Å². The third-order valence-electron chi connectivity index (χ3n) is 2.70. The van der Waals surface area contributed by atoms with Crippen molar-refractivity contribution in [2.45, 2.75) is 24.9 Å². The summed E-state index contributed by atoms with van der Waals surface area (Å²) in [7, 11) is 2.18. The minimum Gasteiger partial charge on any atom is -0.372 e. The van der Waals surface area contributed by atoms with Crippen LogP contribution in [0.25, 0.3) is 0 Å². The van der Waals surface area contributed by atoms with E-state index >= 15 is 0 Å². The fraction of sp³-hybridized carbons (Fsp3) is 1.00. The molecule has 58 valence electrons. The lowest BCUT2D eigenvalue weighted by atomic mass is 9.79. The van der Waals surface area contributed by atoms with Gasteiger partial charge in [0, 0.05) is 13.1 Å². The molecule has 0 bridgehead atoms. The van der Waals surface area contributed by atoms with E-state index in [1.165, 1.54) is 19.3 Å². The molecule has 2 nitrogen and oxygen atoms in total. The first kappa shape index (κ1) is 6.62. The van der Waals surface area contributed by atoms with Gasteiger partial charge in [-0.05, 0) is 26.3 Å². The van der Waals surface area contributed by atoms with Crippen LogP contribution in [0.15, 0.2) is 0 Å². The van der Waals surface area contributed by atoms with Gasteiger partial charge in [-0.2, -0.15) is 0 Å². The average Bonchev–Trinajstić information content (AvgIpc) is 1.85. The van der Waals surface area contributed by atoms with Crippen LogP contribution in [0, 0.1) is 0 Å². The Hall–Kier alpha value is -0.0800. The van der Waals surface area contributed by atoms with Crippen LogP contribution in [0.3, 0.4) is 0 Å². The predicted octanol–water partition coefficient (Wildman–Crippen LogP) is 0.871. The standard InChI is InChI=1S/C8H15NO/c1-9-5-6-10-8(7-9)3-2-4-8/h2-7H2,1H3. The molecule has 1 spiro atoms. The van der Waals surface area contributed by atoms with Crippen LogP contribution in [0.4, 0.5) is 0 Å². The summed E-state index contributed by atoms with van der Waals surface area (Å²) in [5.74, 6) is 0. The van der Waals surface area contributed by atoms with Crippen molar-refractivity contribution in [3.8, 4) is 0 Å². The number of morpholine rings is 1. The summed E-state index contributed by atoms with van der Waals surface area (Å²) in [5.41, 5.74) is 0.299. The van der Waals surface area contributed by atoms with Crippen molar-refractivity contribution in [2.24, 2.45) is 0 Å². The lowest BCUT2D eigenvalue weighted by Gasteiger charge is -2.47. The summed E-state index contributed by atoms with van der Waals surface area (Å²) in [5, 5.41) is 0. The zero-order valence-corrected chi connectivity index (χ0v) is 6.60. The molecule has 0 amide bonds. The molecule has 1 saturated carbocycles.